The Morgan fingerprint density at radius 2 is 1.35 bits per heavy atom. The van der Waals surface area contributed by atoms with Gasteiger partial charge in [0.1, 0.15) is 0 Å². The van der Waals surface area contributed by atoms with Crippen molar-refractivity contribution in [3.05, 3.63) is 72.3 Å². The average molecular weight is 344 g/mol. The molecule has 1 aliphatic heterocycles. The lowest BCUT2D eigenvalue weighted by atomic mass is 9.71. The zero-order valence-electron chi connectivity index (χ0n) is 11.9. The molecule has 5 heteroatoms. The SMILES string of the molecule is O=C1N(c2ccccc2)C(=O)[C@]2(Cl)C=C(c3ccccc3)[C@]12Cl. The Kier molecular flexibility index (Phi) is 2.96. The predicted octanol–water partition coefficient (Wildman–Crippen LogP) is 3.61. The second-order valence-corrected chi connectivity index (χ2v) is 6.74. The van der Waals surface area contributed by atoms with Crippen molar-refractivity contribution in [2.45, 2.75) is 9.75 Å². The van der Waals surface area contributed by atoms with Gasteiger partial charge in [-0.25, -0.2) is 4.90 Å². The van der Waals surface area contributed by atoms with E-state index in [1.807, 2.05) is 36.4 Å². The van der Waals surface area contributed by atoms with Crippen LogP contribution in [0, 0.1) is 0 Å². The minimum atomic E-state index is -1.57. The van der Waals surface area contributed by atoms with Gasteiger partial charge < -0.3 is 0 Å². The molecular formula is C18H11Cl2NO2. The molecule has 0 bridgehead atoms. The largest absolute Gasteiger partial charge is 0.271 e. The summed E-state index contributed by atoms with van der Waals surface area (Å²) in [5, 5.41) is 0. The van der Waals surface area contributed by atoms with E-state index in [-0.39, 0.29) is 0 Å². The summed E-state index contributed by atoms with van der Waals surface area (Å²) in [6.07, 6.45) is 1.58. The summed E-state index contributed by atoms with van der Waals surface area (Å²) in [4.78, 5) is 23.6. The van der Waals surface area contributed by atoms with Gasteiger partial charge >= 0.3 is 0 Å². The number of benzene rings is 2. The van der Waals surface area contributed by atoms with Gasteiger partial charge in [-0.05, 0) is 29.3 Å². The molecule has 0 aromatic heterocycles. The molecule has 0 spiro atoms. The first-order valence-electron chi connectivity index (χ1n) is 7.11. The number of fused-ring (bicyclic) bond motifs is 1. The van der Waals surface area contributed by atoms with Crippen LogP contribution in [-0.4, -0.2) is 21.6 Å². The van der Waals surface area contributed by atoms with E-state index in [9.17, 15) is 9.59 Å². The molecule has 2 aromatic carbocycles. The number of rotatable bonds is 2. The molecule has 1 aliphatic carbocycles. The number of amides is 2. The first-order chi connectivity index (χ1) is 11.0. The second-order valence-electron chi connectivity index (χ2n) is 5.58. The summed E-state index contributed by atoms with van der Waals surface area (Å²) in [6.45, 7) is 0. The van der Waals surface area contributed by atoms with Crippen molar-refractivity contribution < 1.29 is 9.59 Å². The monoisotopic (exact) mass is 343 g/mol. The van der Waals surface area contributed by atoms with Crippen molar-refractivity contribution in [2.24, 2.45) is 0 Å². The molecule has 0 radical (unpaired) electrons. The smallest absolute Gasteiger partial charge is 0.262 e. The molecular weight excluding hydrogens is 333 g/mol. The number of imide groups is 1. The first kappa shape index (κ1) is 14.5. The van der Waals surface area contributed by atoms with Crippen LogP contribution in [0.25, 0.3) is 5.57 Å². The molecule has 114 valence electrons. The summed E-state index contributed by atoms with van der Waals surface area (Å²) in [7, 11) is 0. The summed E-state index contributed by atoms with van der Waals surface area (Å²) >= 11 is 13.1. The van der Waals surface area contributed by atoms with Crippen molar-refractivity contribution in [3.63, 3.8) is 0 Å². The molecule has 2 aromatic rings. The fourth-order valence-corrected chi connectivity index (χ4v) is 3.88. The normalized spacial score (nSPS) is 29.1. The molecule has 4 rings (SSSR count). The van der Waals surface area contributed by atoms with E-state index in [4.69, 9.17) is 23.2 Å². The van der Waals surface area contributed by atoms with Gasteiger partial charge in [0, 0.05) is 0 Å². The zero-order valence-corrected chi connectivity index (χ0v) is 13.4. The van der Waals surface area contributed by atoms with Crippen LogP contribution in [0.3, 0.4) is 0 Å². The third kappa shape index (κ3) is 1.66. The van der Waals surface area contributed by atoms with Crippen LogP contribution < -0.4 is 4.90 Å². The fourth-order valence-electron chi connectivity index (χ4n) is 3.12. The minimum absolute atomic E-state index is 0.470. The van der Waals surface area contributed by atoms with Crippen molar-refractivity contribution >= 4 is 46.3 Å². The third-order valence-electron chi connectivity index (χ3n) is 4.33. The molecule has 1 saturated heterocycles. The first-order valence-corrected chi connectivity index (χ1v) is 7.86. The predicted molar refractivity (Wildman–Crippen MR) is 90.5 cm³/mol. The minimum Gasteiger partial charge on any atom is -0.271 e. The van der Waals surface area contributed by atoms with Crippen LogP contribution in [0.1, 0.15) is 5.56 Å². The molecule has 0 N–H and O–H groups in total. The fraction of sp³-hybridized carbons (Fsp3) is 0.111. The summed E-state index contributed by atoms with van der Waals surface area (Å²) in [5.41, 5.74) is 1.83. The lowest BCUT2D eigenvalue weighted by molar-refractivity contribution is -0.121. The van der Waals surface area contributed by atoms with Crippen LogP contribution in [0.15, 0.2) is 66.7 Å². The maximum absolute atomic E-state index is 12.9. The molecule has 23 heavy (non-hydrogen) atoms. The molecule has 0 unspecified atom stereocenters. The van der Waals surface area contributed by atoms with Gasteiger partial charge in [-0.1, -0.05) is 48.5 Å². The van der Waals surface area contributed by atoms with Gasteiger partial charge in [0.15, 0.2) is 9.75 Å². The van der Waals surface area contributed by atoms with Gasteiger partial charge in [0.25, 0.3) is 11.8 Å². The number of anilines is 1. The Morgan fingerprint density at radius 1 is 0.783 bits per heavy atom. The van der Waals surface area contributed by atoms with Crippen molar-refractivity contribution in [1.82, 2.24) is 0 Å². The molecule has 1 heterocycles. The maximum Gasteiger partial charge on any atom is 0.262 e. The highest BCUT2D eigenvalue weighted by atomic mass is 35.5. The number of nitrogens with zero attached hydrogens (tertiary/aromatic N) is 1. The van der Waals surface area contributed by atoms with Crippen LogP contribution in [0.2, 0.25) is 0 Å². The van der Waals surface area contributed by atoms with E-state index in [0.717, 1.165) is 10.5 Å². The standard InChI is InChI=1S/C18H11Cl2NO2/c19-17-11-14(12-7-3-1-4-8-12)18(17,20)16(23)21(15(17)22)13-9-5-2-6-10-13/h1-11H/t17-,18+/m1/s1. The summed E-state index contributed by atoms with van der Waals surface area (Å²) in [6, 6.07) is 17.9. The van der Waals surface area contributed by atoms with Crippen LogP contribution in [-0.2, 0) is 9.59 Å². The third-order valence-corrected chi connectivity index (χ3v) is 5.64. The van der Waals surface area contributed by atoms with Crippen LogP contribution >= 0.6 is 23.2 Å². The highest BCUT2D eigenvalue weighted by molar-refractivity contribution is 6.64. The zero-order chi connectivity index (χ0) is 16.2. The van der Waals surface area contributed by atoms with Gasteiger partial charge in [-0.3, -0.25) is 9.59 Å². The Labute approximate surface area is 143 Å². The second kappa shape index (κ2) is 4.70. The molecule has 2 atom stereocenters. The molecule has 0 saturated carbocycles. The number of hydrogen-bond acceptors (Lipinski definition) is 2. The summed E-state index contributed by atoms with van der Waals surface area (Å²) in [5.74, 6) is -1.02. The molecule has 2 amide bonds. The lowest BCUT2D eigenvalue weighted by Crippen LogP contribution is -2.55. The van der Waals surface area contributed by atoms with E-state index >= 15 is 0 Å². The lowest BCUT2D eigenvalue weighted by Gasteiger charge is -2.41. The number of alkyl halides is 2. The van der Waals surface area contributed by atoms with E-state index < -0.39 is 21.6 Å². The highest BCUT2D eigenvalue weighted by Crippen LogP contribution is 2.61. The summed E-state index contributed by atoms with van der Waals surface area (Å²) < 4.78 is 0. The van der Waals surface area contributed by atoms with Gasteiger partial charge in [-0.15, -0.1) is 23.2 Å². The van der Waals surface area contributed by atoms with Gasteiger partial charge in [-0.2, -0.15) is 0 Å². The van der Waals surface area contributed by atoms with Gasteiger partial charge in [0.05, 0.1) is 5.69 Å². The number of halogens is 2. The van der Waals surface area contributed by atoms with Crippen molar-refractivity contribution in [1.29, 1.82) is 0 Å². The van der Waals surface area contributed by atoms with E-state index in [1.54, 1.807) is 30.3 Å². The number of carbonyl (C=O) groups is 2. The van der Waals surface area contributed by atoms with E-state index in [2.05, 4.69) is 0 Å². The van der Waals surface area contributed by atoms with Crippen molar-refractivity contribution in [3.8, 4) is 0 Å². The Hall–Kier alpha value is -2.10. The number of para-hydroxylation sites is 1. The molecule has 1 fully saturated rings. The Bertz CT molecular complexity index is 850. The Morgan fingerprint density at radius 3 is 1.96 bits per heavy atom. The topological polar surface area (TPSA) is 37.4 Å². The van der Waals surface area contributed by atoms with Crippen LogP contribution in [0.5, 0.6) is 0 Å². The average Bonchev–Trinajstić information content (AvgIpc) is 2.69. The number of carbonyl (C=O) groups excluding carboxylic acids is 2. The highest BCUT2D eigenvalue weighted by Gasteiger charge is 2.75. The van der Waals surface area contributed by atoms with Crippen molar-refractivity contribution in [2.75, 3.05) is 4.90 Å². The van der Waals surface area contributed by atoms with Crippen LogP contribution in [0.4, 0.5) is 5.69 Å². The quantitative estimate of drug-likeness (QED) is 0.617. The maximum atomic E-state index is 12.9. The Balaban J connectivity index is 1.83. The van der Waals surface area contributed by atoms with E-state index in [0.29, 0.717) is 11.3 Å². The number of hydrogen-bond donors (Lipinski definition) is 0. The molecule has 3 nitrogen and oxygen atoms in total. The van der Waals surface area contributed by atoms with Gasteiger partial charge in [0.2, 0.25) is 0 Å². The molecule has 2 aliphatic rings. The van der Waals surface area contributed by atoms with E-state index in [1.165, 1.54) is 0 Å².